The molecule has 0 bridgehead atoms. The van der Waals surface area contributed by atoms with Gasteiger partial charge in [0, 0.05) is 24.1 Å². The first-order chi connectivity index (χ1) is 11.1. The maximum absolute atomic E-state index is 14.1. The van der Waals surface area contributed by atoms with E-state index in [0.29, 0.717) is 11.0 Å². The lowest BCUT2D eigenvalue weighted by atomic mass is 10.1. The highest BCUT2D eigenvalue weighted by atomic mass is 32.1. The number of aryl methyl sites for hydroxylation is 1. The topological polar surface area (TPSA) is 92.9 Å². The number of hydrogen-bond donors (Lipinski definition) is 2. The van der Waals surface area contributed by atoms with Crippen molar-refractivity contribution < 1.29 is 13.7 Å². The Labute approximate surface area is 134 Å². The molecular formula is C14H12FN5O2S. The van der Waals surface area contributed by atoms with Crippen molar-refractivity contribution in [2.75, 3.05) is 5.32 Å². The van der Waals surface area contributed by atoms with Gasteiger partial charge in [-0.1, -0.05) is 23.4 Å². The Morgan fingerprint density at radius 2 is 2.22 bits per heavy atom. The molecule has 9 heteroatoms. The largest absolute Gasteiger partial charge is 0.340 e. The number of halogens is 1. The predicted octanol–water partition coefficient (Wildman–Crippen LogP) is 2.88. The first kappa shape index (κ1) is 15.1. The van der Waals surface area contributed by atoms with Crippen LogP contribution in [0.25, 0.3) is 0 Å². The van der Waals surface area contributed by atoms with E-state index in [1.165, 1.54) is 17.4 Å². The van der Waals surface area contributed by atoms with Crippen LogP contribution < -0.4 is 10.6 Å². The van der Waals surface area contributed by atoms with Crippen molar-refractivity contribution in [3.63, 3.8) is 0 Å². The van der Waals surface area contributed by atoms with E-state index < -0.39 is 17.9 Å². The quantitative estimate of drug-likeness (QED) is 0.766. The molecule has 0 fully saturated rings. The first-order valence-electron chi connectivity index (χ1n) is 6.65. The summed E-state index contributed by atoms with van der Waals surface area (Å²) in [5, 5.41) is 11.1. The zero-order chi connectivity index (χ0) is 16.2. The Bertz CT molecular complexity index is 805. The van der Waals surface area contributed by atoms with E-state index >= 15 is 0 Å². The van der Waals surface area contributed by atoms with E-state index in [1.807, 2.05) is 0 Å². The van der Waals surface area contributed by atoms with Crippen molar-refractivity contribution in [2.24, 2.45) is 0 Å². The molecule has 118 valence electrons. The van der Waals surface area contributed by atoms with Gasteiger partial charge in [0.25, 0.3) is 0 Å². The summed E-state index contributed by atoms with van der Waals surface area (Å²) < 4.78 is 19.0. The normalized spacial score (nSPS) is 11.9. The molecule has 0 saturated heterocycles. The van der Waals surface area contributed by atoms with Crippen LogP contribution in [0.5, 0.6) is 0 Å². The Morgan fingerprint density at radius 3 is 2.87 bits per heavy atom. The van der Waals surface area contributed by atoms with E-state index in [9.17, 15) is 9.18 Å². The number of nitrogens with one attached hydrogen (secondary N) is 2. The molecule has 3 rings (SSSR count). The molecule has 2 N–H and O–H groups in total. The number of benzene rings is 1. The number of rotatable bonds is 4. The summed E-state index contributed by atoms with van der Waals surface area (Å²) in [6.07, 6.45) is 1.57. The van der Waals surface area contributed by atoms with Crippen LogP contribution in [-0.4, -0.2) is 21.2 Å². The van der Waals surface area contributed by atoms with Crippen LogP contribution in [-0.2, 0) is 0 Å². The summed E-state index contributed by atoms with van der Waals surface area (Å²) >= 11 is 1.27. The lowest BCUT2D eigenvalue weighted by Gasteiger charge is -2.16. The fourth-order valence-corrected chi connectivity index (χ4v) is 2.50. The fraction of sp³-hybridized carbons (Fsp3) is 0.143. The summed E-state index contributed by atoms with van der Waals surface area (Å²) in [7, 11) is 0. The molecule has 0 saturated carbocycles. The van der Waals surface area contributed by atoms with Crippen molar-refractivity contribution in [1.29, 1.82) is 0 Å². The maximum Gasteiger partial charge on any atom is 0.321 e. The smallest absolute Gasteiger partial charge is 0.321 e. The highest BCUT2D eigenvalue weighted by Crippen LogP contribution is 2.22. The standard InChI is InChI=1S/C14H12FN5O2S/c1-8-17-12(20-22-8)11(9-4-2-3-5-10(9)15)18-13(21)19-14-16-6-7-23-14/h2-7,11H,1H3,(H2,16,18,19,21)/t11-/m0/s1. The molecule has 1 aromatic carbocycles. The predicted molar refractivity (Wildman–Crippen MR) is 81.5 cm³/mol. The average Bonchev–Trinajstić information content (AvgIpc) is 3.17. The van der Waals surface area contributed by atoms with Crippen LogP contribution in [0, 0.1) is 12.7 Å². The van der Waals surface area contributed by atoms with Crippen molar-refractivity contribution in [2.45, 2.75) is 13.0 Å². The number of nitrogens with zero attached hydrogens (tertiary/aromatic N) is 3. The summed E-state index contributed by atoms with van der Waals surface area (Å²) in [6, 6.07) is 4.65. The summed E-state index contributed by atoms with van der Waals surface area (Å²) in [4.78, 5) is 20.2. The first-order valence-corrected chi connectivity index (χ1v) is 7.53. The van der Waals surface area contributed by atoms with Gasteiger partial charge >= 0.3 is 6.03 Å². The van der Waals surface area contributed by atoms with Crippen LogP contribution in [0.3, 0.4) is 0 Å². The summed E-state index contributed by atoms with van der Waals surface area (Å²) in [5.74, 6) is 0.0138. The Balaban J connectivity index is 1.86. The third kappa shape index (κ3) is 3.51. The minimum absolute atomic E-state index is 0.168. The van der Waals surface area contributed by atoms with Crippen LogP contribution in [0.4, 0.5) is 14.3 Å². The number of carbonyl (C=O) groups is 1. The molecule has 2 heterocycles. The SMILES string of the molecule is Cc1nc([C@@H](NC(=O)Nc2nccs2)c2ccccc2F)no1. The lowest BCUT2D eigenvalue weighted by molar-refractivity contribution is 0.249. The van der Waals surface area contributed by atoms with Gasteiger partial charge in [0.1, 0.15) is 11.9 Å². The number of amides is 2. The third-order valence-corrected chi connectivity index (χ3v) is 3.63. The van der Waals surface area contributed by atoms with Gasteiger partial charge in [0.2, 0.25) is 5.89 Å². The van der Waals surface area contributed by atoms with Gasteiger partial charge in [-0.15, -0.1) is 11.3 Å². The second-order valence-corrected chi connectivity index (χ2v) is 5.46. The second-order valence-electron chi connectivity index (χ2n) is 4.56. The van der Waals surface area contributed by atoms with Gasteiger partial charge in [0.15, 0.2) is 11.0 Å². The minimum atomic E-state index is -0.881. The van der Waals surface area contributed by atoms with Gasteiger partial charge in [-0.2, -0.15) is 4.98 Å². The monoisotopic (exact) mass is 333 g/mol. The number of anilines is 1. The Kier molecular flexibility index (Phi) is 4.29. The van der Waals surface area contributed by atoms with E-state index in [2.05, 4.69) is 25.8 Å². The van der Waals surface area contributed by atoms with E-state index in [-0.39, 0.29) is 11.4 Å². The van der Waals surface area contributed by atoms with Crippen molar-refractivity contribution in [3.8, 4) is 0 Å². The number of hydrogen-bond acceptors (Lipinski definition) is 6. The van der Waals surface area contributed by atoms with E-state index in [4.69, 9.17) is 4.52 Å². The second kappa shape index (κ2) is 6.53. The average molecular weight is 333 g/mol. The van der Waals surface area contributed by atoms with Gasteiger partial charge in [-0.3, -0.25) is 5.32 Å². The van der Waals surface area contributed by atoms with Crippen molar-refractivity contribution in [3.05, 3.63) is 58.9 Å². The molecule has 0 spiro atoms. The molecule has 7 nitrogen and oxygen atoms in total. The number of thiazole rings is 1. The zero-order valence-electron chi connectivity index (χ0n) is 12.0. The number of aromatic nitrogens is 3. The molecule has 0 radical (unpaired) electrons. The molecule has 2 amide bonds. The fourth-order valence-electron chi connectivity index (χ4n) is 1.97. The molecule has 0 aliphatic heterocycles. The van der Waals surface area contributed by atoms with Crippen LogP contribution >= 0.6 is 11.3 Å². The van der Waals surface area contributed by atoms with Crippen LogP contribution in [0.2, 0.25) is 0 Å². The Morgan fingerprint density at radius 1 is 1.39 bits per heavy atom. The van der Waals surface area contributed by atoms with Gasteiger partial charge < -0.3 is 9.84 Å². The lowest BCUT2D eigenvalue weighted by Crippen LogP contribution is -2.34. The molecular weight excluding hydrogens is 321 g/mol. The van der Waals surface area contributed by atoms with Gasteiger partial charge in [0.05, 0.1) is 0 Å². The van der Waals surface area contributed by atoms with Gasteiger partial charge in [-0.05, 0) is 6.07 Å². The molecule has 0 unspecified atom stereocenters. The Hall–Kier alpha value is -2.81. The van der Waals surface area contributed by atoms with E-state index in [1.54, 1.807) is 36.7 Å². The molecule has 2 aromatic heterocycles. The molecule has 23 heavy (non-hydrogen) atoms. The van der Waals surface area contributed by atoms with Crippen molar-refractivity contribution >= 4 is 22.5 Å². The van der Waals surface area contributed by atoms with Crippen molar-refractivity contribution in [1.82, 2.24) is 20.4 Å². The zero-order valence-corrected chi connectivity index (χ0v) is 12.8. The number of urea groups is 1. The summed E-state index contributed by atoms with van der Waals surface area (Å²) in [6.45, 7) is 1.62. The van der Waals surface area contributed by atoms with E-state index in [0.717, 1.165) is 0 Å². The van der Waals surface area contributed by atoms with Crippen LogP contribution in [0.1, 0.15) is 23.3 Å². The third-order valence-electron chi connectivity index (χ3n) is 2.95. The number of carbonyl (C=O) groups excluding carboxylic acids is 1. The molecule has 0 aliphatic rings. The highest BCUT2D eigenvalue weighted by Gasteiger charge is 2.24. The summed E-state index contributed by atoms with van der Waals surface area (Å²) in [5.41, 5.74) is 0.239. The molecule has 3 aromatic rings. The minimum Gasteiger partial charge on any atom is -0.340 e. The highest BCUT2D eigenvalue weighted by molar-refractivity contribution is 7.13. The maximum atomic E-state index is 14.1. The van der Waals surface area contributed by atoms with Gasteiger partial charge in [-0.25, -0.2) is 14.2 Å². The molecule has 0 aliphatic carbocycles. The van der Waals surface area contributed by atoms with Crippen LogP contribution in [0.15, 0.2) is 40.4 Å². The molecule has 1 atom stereocenters.